The first-order valence-electron chi connectivity index (χ1n) is 5.86. The zero-order valence-electron chi connectivity index (χ0n) is 10.7. The molecular formula is C12H17NO4S2. The van der Waals surface area contributed by atoms with E-state index < -0.39 is 9.84 Å². The summed E-state index contributed by atoms with van der Waals surface area (Å²) in [5.74, 6) is 2.88. The van der Waals surface area contributed by atoms with E-state index in [9.17, 15) is 8.42 Å². The molecule has 0 amide bonds. The van der Waals surface area contributed by atoms with Crippen LogP contribution in [-0.4, -0.2) is 38.7 Å². The average Bonchev–Trinajstić information content (AvgIpc) is 2.80. The molecule has 1 atom stereocenters. The Morgan fingerprint density at radius 1 is 1.37 bits per heavy atom. The first-order chi connectivity index (χ1) is 8.96. The van der Waals surface area contributed by atoms with Gasteiger partial charge in [0.1, 0.15) is 9.84 Å². The number of ether oxygens (including phenoxy) is 2. The van der Waals surface area contributed by atoms with Crippen LogP contribution in [0.5, 0.6) is 11.5 Å². The van der Waals surface area contributed by atoms with Gasteiger partial charge in [-0.25, -0.2) is 8.42 Å². The van der Waals surface area contributed by atoms with Crippen LogP contribution in [0.1, 0.15) is 11.6 Å². The molecule has 19 heavy (non-hydrogen) atoms. The molecule has 106 valence electrons. The van der Waals surface area contributed by atoms with Crippen molar-refractivity contribution in [2.75, 3.05) is 30.3 Å². The summed E-state index contributed by atoms with van der Waals surface area (Å²) in [4.78, 5) is 0. The summed E-state index contributed by atoms with van der Waals surface area (Å²) in [6, 6.07) is 5.50. The maximum atomic E-state index is 11.0. The Bertz CT molecular complexity index is 545. The fourth-order valence-electron chi connectivity index (χ4n) is 1.66. The largest absolute Gasteiger partial charge is 0.454 e. The smallest absolute Gasteiger partial charge is 0.231 e. The number of hydrogen-bond acceptors (Lipinski definition) is 6. The highest BCUT2D eigenvalue weighted by atomic mass is 32.2. The Morgan fingerprint density at radius 2 is 2.11 bits per heavy atom. The maximum absolute atomic E-state index is 11.0. The molecule has 1 aliphatic rings. The van der Waals surface area contributed by atoms with Gasteiger partial charge in [-0.1, -0.05) is 6.07 Å². The molecule has 0 spiro atoms. The number of thioether (sulfide) groups is 1. The van der Waals surface area contributed by atoms with Crippen LogP contribution < -0.4 is 15.2 Å². The fraction of sp³-hybridized carbons (Fsp3) is 0.500. The van der Waals surface area contributed by atoms with Crippen molar-refractivity contribution in [3.8, 4) is 11.5 Å². The van der Waals surface area contributed by atoms with Gasteiger partial charge in [0.05, 0.1) is 5.75 Å². The van der Waals surface area contributed by atoms with Crippen molar-refractivity contribution in [2.45, 2.75) is 6.04 Å². The maximum Gasteiger partial charge on any atom is 0.231 e. The van der Waals surface area contributed by atoms with Crippen LogP contribution in [0.15, 0.2) is 18.2 Å². The lowest BCUT2D eigenvalue weighted by Gasteiger charge is -2.12. The molecule has 1 heterocycles. The third kappa shape index (κ3) is 4.29. The van der Waals surface area contributed by atoms with E-state index in [4.69, 9.17) is 15.2 Å². The zero-order valence-corrected chi connectivity index (χ0v) is 12.3. The van der Waals surface area contributed by atoms with Crippen molar-refractivity contribution in [1.29, 1.82) is 0 Å². The standard InChI is InChI=1S/C12H17NO4S2/c1-19(14,15)5-4-18-7-10(13)9-2-3-11-12(6-9)17-8-16-11/h2-3,6,10H,4-5,7-8,13H2,1H3. The van der Waals surface area contributed by atoms with Gasteiger partial charge in [-0.2, -0.15) is 11.8 Å². The molecule has 0 radical (unpaired) electrons. The summed E-state index contributed by atoms with van der Waals surface area (Å²) in [5.41, 5.74) is 7.04. The number of rotatable bonds is 6. The van der Waals surface area contributed by atoms with Crippen LogP contribution in [0.3, 0.4) is 0 Å². The third-order valence-electron chi connectivity index (χ3n) is 2.72. The lowest BCUT2D eigenvalue weighted by Crippen LogP contribution is -2.14. The Morgan fingerprint density at radius 3 is 2.84 bits per heavy atom. The summed E-state index contributed by atoms with van der Waals surface area (Å²) < 4.78 is 32.5. The summed E-state index contributed by atoms with van der Waals surface area (Å²) in [6.07, 6.45) is 1.24. The molecule has 0 saturated carbocycles. The Labute approximate surface area is 117 Å². The van der Waals surface area contributed by atoms with E-state index in [1.165, 1.54) is 6.26 Å². The normalized spacial score (nSPS) is 15.5. The lowest BCUT2D eigenvalue weighted by atomic mass is 10.1. The third-order valence-corrected chi connectivity index (χ3v) is 5.01. The van der Waals surface area contributed by atoms with Gasteiger partial charge in [0, 0.05) is 23.8 Å². The van der Waals surface area contributed by atoms with Gasteiger partial charge in [-0.05, 0) is 17.7 Å². The minimum atomic E-state index is -2.89. The topological polar surface area (TPSA) is 78.6 Å². The highest BCUT2D eigenvalue weighted by Gasteiger charge is 2.16. The molecule has 5 nitrogen and oxygen atoms in total. The highest BCUT2D eigenvalue weighted by Crippen LogP contribution is 2.34. The minimum Gasteiger partial charge on any atom is -0.454 e. The SMILES string of the molecule is CS(=O)(=O)CCSCC(N)c1ccc2c(c1)OCO2. The van der Waals surface area contributed by atoms with E-state index >= 15 is 0 Å². The number of fused-ring (bicyclic) bond motifs is 1. The second-order valence-electron chi connectivity index (χ2n) is 4.42. The van der Waals surface area contributed by atoms with Crippen LogP contribution in [-0.2, 0) is 9.84 Å². The summed E-state index contributed by atoms with van der Waals surface area (Å²) in [6.45, 7) is 0.247. The molecule has 2 rings (SSSR count). The van der Waals surface area contributed by atoms with E-state index in [-0.39, 0.29) is 18.6 Å². The molecular weight excluding hydrogens is 286 g/mol. The summed E-state index contributed by atoms with van der Waals surface area (Å²) in [7, 11) is -2.89. The van der Waals surface area contributed by atoms with E-state index in [0.29, 0.717) is 17.3 Å². The summed E-state index contributed by atoms with van der Waals surface area (Å²) in [5, 5.41) is 0. The first kappa shape index (κ1) is 14.5. The molecule has 7 heteroatoms. The van der Waals surface area contributed by atoms with Crippen LogP contribution >= 0.6 is 11.8 Å². The van der Waals surface area contributed by atoms with Crippen molar-refractivity contribution in [1.82, 2.24) is 0 Å². The van der Waals surface area contributed by atoms with E-state index in [0.717, 1.165) is 11.3 Å². The predicted molar refractivity (Wildman–Crippen MR) is 76.5 cm³/mol. The van der Waals surface area contributed by atoms with E-state index in [1.54, 1.807) is 11.8 Å². The monoisotopic (exact) mass is 303 g/mol. The van der Waals surface area contributed by atoms with E-state index in [2.05, 4.69) is 0 Å². The van der Waals surface area contributed by atoms with Crippen molar-refractivity contribution in [3.63, 3.8) is 0 Å². The number of sulfone groups is 1. The van der Waals surface area contributed by atoms with Gasteiger partial charge in [-0.15, -0.1) is 0 Å². The predicted octanol–water partition coefficient (Wildman–Crippen LogP) is 1.19. The van der Waals surface area contributed by atoms with Crippen LogP contribution in [0, 0.1) is 0 Å². The molecule has 1 aromatic carbocycles. The van der Waals surface area contributed by atoms with Gasteiger partial charge in [0.2, 0.25) is 6.79 Å². The quantitative estimate of drug-likeness (QED) is 0.795. The minimum absolute atomic E-state index is 0.140. The Hall–Kier alpha value is -0.920. The number of hydrogen-bond donors (Lipinski definition) is 1. The van der Waals surface area contributed by atoms with E-state index in [1.807, 2.05) is 18.2 Å². The Kier molecular flexibility index (Phi) is 4.59. The van der Waals surface area contributed by atoms with Crippen LogP contribution in [0.4, 0.5) is 0 Å². The molecule has 1 aromatic rings. The number of benzene rings is 1. The second kappa shape index (κ2) is 6.02. The Balaban J connectivity index is 1.85. The van der Waals surface area contributed by atoms with Crippen molar-refractivity contribution < 1.29 is 17.9 Å². The lowest BCUT2D eigenvalue weighted by molar-refractivity contribution is 0.174. The van der Waals surface area contributed by atoms with Crippen LogP contribution in [0.2, 0.25) is 0 Å². The summed E-state index contributed by atoms with van der Waals surface area (Å²) >= 11 is 1.54. The van der Waals surface area contributed by atoms with Gasteiger partial charge < -0.3 is 15.2 Å². The highest BCUT2D eigenvalue weighted by molar-refractivity contribution is 8.00. The van der Waals surface area contributed by atoms with Gasteiger partial charge in [-0.3, -0.25) is 0 Å². The van der Waals surface area contributed by atoms with Crippen molar-refractivity contribution in [2.24, 2.45) is 5.73 Å². The van der Waals surface area contributed by atoms with Crippen LogP contribution in [0.25, 0.3) is 0 Å². The average molecular weight is 303 g/mol. The molecule has 1 aliphatic heterocycles. The van der Waals surface area contributed by atoms with Gasteiger partial charge >= 0.3 is 0 Å². The molecule has 2 N–H and O–H groups in total. The van der Waals surface area contributed by atoms with Crippen molar-refractivity contribution in [3.05, 3.63) is 23.8 Å². The number of nitrogens with two attached hydrogens (primary N) is 1. The zero-order chi connectivity index (χ0) is 13.9. The van der Waals surface area contributed by atoms with Crippen molar-refractivity contribution >= 4 is 21.6 Å². The molecule has 0 fully saturated rings. The van der Waals surface area contributed by atoms with Gasteiger partial charge in [0.15, 0.2) is 11.5 Å². The molecule has 0 aliphatic carbocycles. The van der Waals surface area contributed by atoms with Gasteiger partial charge in [0.25, 0.3) is 0 Å². The second-order valence-corrected chi connectivity index (χ2v) is 7.83. The molecule has 0 saturated heterocycles. The molecule has 1 unspecified atom stereocenters. The molecule has 0 bridgehead atoms. The molecule has 0 aromatic heterocycles. The first-order valence-corrected chi connectivity index (χ1v) is 9.08. The fourth-order valence-corrected chi connectivity index (χ4v) is 3.96.